The van der Waals surface area contributed by atoms with Crippen molar-refractivity contribution in [1.29, 1.82) is 0 Å². The molecule has 0 radical (unpaired) electrons. The number of methoxy groups -OCH3 is 1. The average molecular weight is 313 g/mol. The van der Waals surface area contributed by atoms with Crippen LogP contribution in [0.3, 0.4) is 0 Å². The third kappa shape index (κ3) is 4.33. The van der Waals surface area contributed by atoms with Crippen molar-refractivity contribution in [2.75, 3.05) is 46.5 Å². The minimum atomic E-state index is -0.106. The number of morpholine rings is 1. The lowest BCUT2D eigenvalue weighted by molar-refractivity contribution is 0.0383. The molecule has 1 aromatic rings. The molecular formula is C15H21ClN2O3. The largest absolute Gasteiger partial charge is 0.495 e. The van der Waals surface area contributed by atoms with E-state index < -0.39 is 0 Å². The van der Waals surface area contributed by atoms with E-state index in [9.17, 15) is 4.79 Å². The van der Waals surface area contributed by atoms with E-state index >= 15 is 0 Å². The summed E-state index contributed by atoms with van der Waals surface area (Å²) in [5, 5.41) is 3.38. The summed E-state index contributed by atoms with van der Waals surface area (Å²) >= 11 is 6.07. The molecule has 1 aliphatic heterocycles. The van der Waals surface area contributed by atoms with Crippen LogP contribution in [-0.4, -0.2) is 57.3 Å². The first-order valence-corrected chi connectivity index (χ1v) is 7.42. The smallest absolute Gasteiger partial charge is 0.251 e. The maximum Gasteiger partial charge on any atom is 0.251 e. The Bertz CT molecular complexity index is 502. The fourth-order valence-electron chi connectivity index (χ4n) is 2.30. The van der Waals surface area contributed by atoms with Gasteiger partial charge in [0.1, 0.15) is 5.75 Å². The second kappa shape index (κ2) is 7.64. The zero-order valence-corrected chi connectivity index (χ0v) is 13.2. The highest BCUT2D eigenvalue weighted by Crippen LogP contribution is 2.27. The lowest BCUT2D eigenvalue weighted by atomic mass is 10.1. The maximum absolute atomic E-state index is 12.2. The molecule has 1 aromatic carbocycles. The summed E-state index contributed by atoms with van der Waals surface area (Å²) in [6.07, 6.45) is 0. The zero-order chi connectivity index (χ0) is 15.2. The normalized spacial score (nSPS) is 15.8. The molecule has 1 aliphatic rings. The molecule has 1 fully saturated rings. The zero-order valence-electron chi connectivity index (χ0n) is 12.4. The Labute approximate surface area is 130 Å². The van der Waals surface area contributed by atoms with Crippen LogP contribution in [0.2, 0.25) is 5.02 Å². The summed E-state index contributed by atoms with van der Waals surface area (Å²) in [7, 11) is 1.56. The number of nitrogens with one attached hydrogen (secondary N) is 1. The van der Waals surface area contributed by atoms with Crippen LogP contribution >= 0.6 is 11.6 Å². The van der Waals surface area contributed by atoms with Gasteiger partial charge in [0.05, 0.1) is 25.3 Å². The van der Waals surface area contributed by atoms with E-state index in [-0.39, 0.29) is 5.91 Å². The van der Waals surface area contributed by atoms with E-state index in [0.717, 1.165) is 38.4 Å². The standard InChI is InChI=1S/C15H21ClN2O3/c1-11-9-14(20-2)13(16)10-12(11)15(19)17-3-4-18-5-7-21-8-6-18/h9-10H,3-8H2,1-2H3,(H,17,19). The molecule has 1 heterocycles. The highest BCUT2D eigenvalue weighted by atomic mass is 35.5. The first-order valence-electron chi connectivity index (χ1n) is 7.04. The molecule has 1 amide bonds. The molecule has 0 spiro atoms. The van der Waals surface area contributed by atoms with Gasteiger partial charge in [-0.3, -0.25) is 9.69 Å². The molecule has 6 heteroatoms. The van der Waals surface area contributed by atoms with Gasteiger partial charge >= 0.3 is 0 Å². The van der Waals surface area contributed by atoms with Crippen molar-refractivity contribution < 1.29 is 14.3 Å². The first-order chi connectivity index (χ1) is 10.1. The number of nitrogens with zero attached hydrogens (tertiary/aromatic N) is 1. The van der Waals surface area contributed by atoms with Crippen molar-refractivity contribution in [1.82, 2.24) is 10.2 Å². The van der Waals surface area contributed by atoms with Crippen molar-refractivity contribution in [3.63, 3.8) is 0 Å². The molecule has 0 atom stereocenters. The average Bonchev–Trinajstić information content (AvgIpc) is 2.50. The van der Waals surface area contributed by atoms with Crippen molar-refractivity contribution in [2.24, 2.45) is 0 Å². The molecular weight excluding hydrogens is 292 g/mol. The monoisotopic (exact) mass is 312 g/mol. The van der Waals surface area contributed by atoms with Crippen LogP contribution in [0.1, 0.15) is 15.9 Å². The fourth-order valence-corrected chi connectivity index (χ4v) is 2.54. The van der Waals surface area contributed by atoms with E-state index in [1.165, 1.54) is 0 Å². The molecule has 1 N–H and O–H groups in total. The van der Waals surface area contributed by atoms with Gasteiger partial charge in [0.15, 0.2) is 0 Å². The van der Waals surface area contributed by atoms with E-state index in [0.29, 0.717) is 22.9 Å². The summed E-state index contributed by atoms with van der Waals surface area (Å²) in [6.45, 7) is 6.69. The van der Waals surface area contributed by atoms with Crippen molar-refractivity contribution in [3.05, 3.63) is 28.3 Å². The lowest BCUT2D eigenvalue weighted by Crippen LogP contribution is -2.41. The maximum atomic E-state index is 12.2. The van der Waals surface area contributed by atoms with Crippen LogP contribution < -0.4 is 10.1 Å². The number of carbonyl (C=O) groups excluding carboxylic acids is 1. The predicted octanol–water partition coefficient (Wildman–Crippen LogP) is 1.72. The van der Waals surface area contributed by atoms with Crippen LogP contribution in [0.5, 0.6) is 5.75 Å². The van der Waals surface area contributed by atoms with Gasteiger partial charge in [-0.1, -0.05) is 11.6 Å². The minimum absolute atomic E-state index is 0.106. The lowest BCUT2D eigenvalue weighted by Gasteiger charge is -2.26. The second-order valence-corrected chi connectivity index (χ2v) is 5.42. The third-order valence-corrected chi connectivity index (χ3v) is 3.86. The molecule has 0 aromatic heterocycles. The Morgan fingerprint density at radius 3 is 2.81 bits per heavy atom. The van der Waals surface area contributed by atoms with Crippen molar-refractivity contribution in [2.45, 2.75) is 6.92 Å². The van der Waals surface area contributed by atoms with Gasteiger partial charge in [-0.2, -0.15) is 0 Å². The molecule has 0 unspecified atom stereocenters. The van der Waals surface area contributed by atoms with E-state index in [2.05, 4.69) is 10.2 Å². The Morgan fingerprint density at radius 2 is 2.14 bits per heavy atom. The number of hydrogen-bond acceptors (Lipinski definition) is 4. The van der Waals surface area contributed by atoms with Crippen LogP contribution in [-0.2, 0) is 4.74 Å². The third-order valence-electron chi connectivity index (χ3n) is 3.56. The van der Waals surface area contributed by atoms with Gasteiger partial charge in [-0.25, -0.2) is 0 Å². The molecule has 0 saturated carbocycles. The van der Waals surface area contributed by atoms with Gasteiger partial charge < -0.3 is 14.8 Å². The number of halogens is 1. The molecule has 116 valence electrons. The predicted molar refractivity (Wildman–Crippen MR) is 82.3 cm³/mol. The summed E-state index contributed by atoms with van der Waals surface area (Å²) in [4.78, 5) is 14.5. The van der Waals surface area contributed by atoms with Gasteiger partial charge in [0.2, 0.25) is 0 Å². The van der Waals surface area contributed by atoms with Gasteiger partial charge in [-0.15, -0.1) is 0 Å². The molecule has 1 saturated heterocycles. The van der Waals surface area contributed by atoms with Crippen molar-refractivity contribution in [3.8, 4) is 5.75 Å². The number of ether oxygens (including phenoxy) is 2. The number of hydrogen-bond donors (Lipinski definition) is 1. The summed E-state index contributed by atoms with van der Waals surface area (Å²) in [5.41, 5.74) is 1.43. The Hall–Kier alpha value is -1.30. The van der Waals surface area contributed by atoms with E-state index in [1.54, 1.807) is 19.2 Å². The first kappa shape index (κ1) is 16.1. The van der Waals surface area contributed by atoms with Gasteiger partial charge in [0, 0.05) is 31.7 Å². The number of rotatable bonds is 5. The molecule has 21 heavy (non-hydrogen) atoms. The summed E-state index contributed by atoms with van der Waals surface area (Å²) in [6, 6.07) is 3.43. The Kier molecular flexibility index (Phi) is 5.85. The molecule has 0 bridgehead atoms. The van der Waals surface area contributed by atoms with Crippen LogP contribution in [0.25, 0.3) is 0 Å². The number of carbonyl (C=O) groups is 1. The summed E-state index contributed by atoms with van der Waals surface area (Å²) in [5.74, 6) is 0.476. The molecule has 5 nitrogen and oxygen atoms in total. The van der Waals surface area contributed by atoms with Crippen LogP contribution in [0.15, 0.2) is 12.1 Å². The molecule has 0 aliphatic carbocycles. The molecule has 2 rings (SSSR count). The number of aryl methyl sites for hydroxylation is 1. The van der Waals surface area contributed by atoms with Crippen molar-refractivity contribution >= 4 is 17.5 Å². The number of amides is 1. The number of benzene rings is 1. The highest BCUT2D eigenvalue weighted by Gasteiger charge is 2.14. The highest BCUT2D eigenvalue weighted by molar-refractivity contribution is 6.32. The second-order valence-electron chi connectivity index (χ2n) is 5.01. The fraction of sp³-hybridized carbons (Fsp3) is 0.533. The SMILES string of the molecule is COc1cc(C)c(C(=O)NCCN2CCOCC2)cc1Cl. The minimum Gasteiger partial charge on any atom is -0.495 e. The topological polar surface area (TPSA) is 50.8 Å². The Morgan fingerprint density at radius 1 is 1.43 bits per heavy atom. The van der Waals surface area contributed by atoms with Gasteiger partial charge in [-0.05, 0) is 24.6 Å². The van der Waals surface area contributed by atoms with Crippen LogP contribution in [0.4, 0.5) is 0 Å². The summed E-state index contributed by atoms with van der Waals surface area (Å²) < 4.78 is 10.4. The van der Waals surface area contributed by atoms with E-state index in [4.69, 9.17) is 21.1 Å². The van der Waals surface area contributed by atoms with E-state index in [1.807, 2.05) is 6.92 Å². The van der Waals surface area contributed by atoms with Gasteiger partial charge in [0.25, 0.3) is 5.91 Å². The Balaban J connectivity index is 1.89. The quantitative estimate of drug-likeness (QED) is 0.899. The van der Waals surface area contributed by atoms with Crippen LogP contribution in [0, 0.1) is 6.92 Å².